The fourth-order valence-electron chi connectivity index (χ4n) is 1.46. The lowest BCUT2D eigenvalue weighted by atomic mass is 9.89. The average molecular weight is 288 g/mol. The number of rotatable bonds is 5. The normalized spacial score (nSPS) is 15.1. The standard InChI is InChI=1S/C12H14F6O/c1-3-5-6-7-8-9(4-2)10(19,11(13,14)15)12(16,17)18/h3,5-6,8,19H,1,4,7H2,2H3/b6-5?,9-8+. The van der Waals surface area contributed by atoms with E-state index in [1.54, 1.807) is 0 Å². The Labute approximate surface area is 106 Å². The molecule has 19 heavy (non-hydrogen) atoms. The van der Waals surface area contributed by atoms with Gasteiger partial charge >= 0.3 is 12.4 Å². The van der Waals surface area contributed by atoms with Gasteiger partial charge in [-0.3, -0.25) is 0 Å². The lowest BCUT2D eigenvalue weighted by molar-refractivity contribution is -0.352. The molecule has 0 saturated heterocycles. The van der Waals surface area contributed by atoms with Crippen LogP contribution in [0.5, 0.6) is 0 Å². The van der Waals surface area contributed by atoms with Crippen LogP contribution < -0.4 is 0 Å². The van der Waals surface area contributed by atoms with E-state index in [0.717, 1.165) is 13.0 Å². The molecule has 110 valence electrons. The summed E-state index contributed by atoms with van der Waals surface area (Å²) in [6.07, 6.45) is -7.62. The summed E-state index contributed by atoms with van der Waals surface area (Å²) in [6.45, 7) is 4.42. The minimum absolute atomic E-state index is 0.163. The minimum Gasteiger partial charge on any atom is -0.370 e. The first-order valence-corrected chi connectivity index (χ1v) is 5.35. The molecule has 7 heteroatoms. The van der Waals surface area contributed by atoms with Crippen LogP contribution in [0.4, 0.5) is 26.3 Å². The van der Waals surface area contributed by atoms with Gasteiger partial charge < -0.3 is 5.11 Å². The van der Waals surface area contributed by atoms with Gasteiger partial charge in [0.15, 0.2) is 0 Å². The van der Waals surface area contributed by atoms with E-state index in [2.05, 4.69) is 6.58 Å². The van der Waals surface area contributed by atoms with Gasteiger partial charge in [0.05, 0.1) is 0 Å². The zero-order valence-electron chi connectivity index (χ0n) is 10.1. The van der Waals surface area contributed by atoms with Gasteiger partial charge in [0.2, 0.25) is 0 Å². The highest BCUT2D eigenvalue weighted by atomic mass is 19.4. The van der Waals surface area contributed by atoms with Crippen molar-refractivity contribution in [2.24, 2.45) is 0 Å². The van der Waals surface area contributed by atoms with E-state index < -0.39 is 29.9 Å². The Bertz CT molecular complexity index is 347. The molecule has 0 unspecified atom stereocenters. The zero-order valence-corrected chi connectivity index (χ0v) is 10.1. The van der Waals surface area contributed by atoms with Crippen LogP contribution >= 0.6 is 0 Å². The van der Waals surface area contributed by atoms with Gasteiger partial charge in [0.1, 0.15) is 0 Å². The van der Waals surface area contributed by atoms with Crippen molar-refractivity contribution in [3.05, 3.63) is 36.5 Å². The lowest BCUT2D eigenvalue weighted by Gasteiger charge is -2.34. The van der Waals surface area contributed by atoms with Crippen molar-refractivity contribution in [2.45, 2.75) is 37.7 Å². The van der Waals surface area contributed by atoms with Crippen LogP contribution in [0.1, 0.15) is 19.8 Å². The Hall–Kier alpha value is -1.24. The molecule has 0 aromatic heterocycles. The van der Waals surface area contributed by atoms with Gasteiger partial charge in [-0.2, -0.15) is 26.3 Å². The predicted molar refractivity (Wildman–Crippen MR) is 59.4 cm³/mol. The molecule has 1 N–H and O–H groups in total. The Morgan fingerprint density at radius 1 is 1.11 bits per heavy atom. The maximum absolute atomic E-state index is 12.6. The van der Waals surface area contributed by atoms with E-state index in [-0.39, 0.29) is 6.42 Å². The second kappa shape index (κ2) is 6.27. The lowest BCUT2D eigenvalue weighted by Crippen LogP contribution is -2.58. The molecule has 0 aromatic rings. The molecule has 0 aliphatic rings. The molecule has 0 atom stereocenters. The number of allylic oxidation sites excluding steroid dienone is 4. The van der Waals surface area contributed by atoms with Crippen LogP contribution in [0.3, 0.4) is 0 Å². The zero-order chi connectivity index (χ0) is 15.3. The number of aliphatic hydroxyl groups is 1. The molecule has 0 aliphatic carbocycles. The Kier molecular flexibility index (Phi) is 5.86. The molecule has 0 amide bonds. The second-order valence-electron chi connectivity index (χ2n) is 3.69. The van der Waals surface area contributed by atoms with Crippen LogP contribution in [0.15, 0.2) is 36.5 Å². The number of hydrogen-bond donors (Lipinski definition) is 1. The fraction of sp³-hybridized carbons (Fsp3) is 0.500. The van der Waals surface area contributed by atoms with E-state index in [0.29, 0.717) is 0 Å². The Balaban J connectivity index is 5.58. The summed E-state index contributed by atoms with van der Waals surface area (Å²) in [5.41, 5.74) is -5.93. The molecular formula is C12H14F6O. The van der Waals surface area contributed by atoms with Gasteiger partial charge in [-0.25, -0.2) is 0 Å². The molecule has 0 spiro atoms. The average Bonchev–Trinajstić information content (AvgIpc) is 2.25. The highest BCUT2D eigenvalue weighted by molar-refractivity contribution is 5.24. The van der Waals surface area contributed by atoms with Crippen molar-refractivity contribution < 1.29 is 31.4 Å². The van der Waals surface area contributed by atoms with E-state index in [9.17, 15) is 26.3 Å². The summed E-state index contributed by atoms with van der Waals surface area (Å²) in [5, 5.41) is 9.14. The highest BCUT2D eigenvalue weighted by Gasteiger charge is 2.71. The third-order valence-electron chi connectivity index (χ3n) is 2.44. The van der Waals surface area contributed by atoms with Gasteiger partial charge in [0, 0.05) is 0 Å². The van der Waals surface area contributed by atoms with Crippen LogP contribution in [-0.4, -0.2) is 23.1 Å². The largest absolute Gasteiger partial charge is 0.430 e. The smallest absolute Gasteiger partial charge is 0.370 e. The molecule has 0 aromatic carbocycles. The Morgan fingerprint density at radius 3 is 1.89 bits per heavy atom. The van der Waals surface area contributed by atoms with E-state index >= 15 is 0 Å². The van der Waals surface area contributed by atoms with E-state index in [4.69, 9.17) is 5.11 Å². The maximum Gasteiger partial charge on any atom is 0.430 e. The van der Waals surface area contributed by atoms with Gasteiger partial charge in [-0.05, 0) is 18.4 Å². The molecule has 0 heterocycles. The van der Waals surface area contributed by atoms with Crippen molar-refractivity contribution in [1.82, 2.24) is 0 Å². The van der Waals surface area contributed by atoms with Crippen LogP contribution in [0.25, 0.3) is 0 Å². The summed E-state index contributed by atoms with van der Waals surface area (Å²) in [4.78, 5) is 0. The quantitative estimate of drug-likeness (QED) is 0.454. The first kappa shape index (κ1) is 17.8. The van der Waals surface area contributed by atoms with Gasteiger partial charge in [-0.15, -0.1) is 0 Å². The molecule has 0 saturated carbocycles. The van der Waals surface area contributed by atoms with Crippen molar-refractivity contribution in [3.63, 3.8) is 0 Å². The second-order valence-corrected chi connectivity index (χ2v) is 3.69. The van der Waals surface area contributed by atoms with E-state index in [1.165, 1.54) is 18.2 Å². The number of halogens is 6. The summed E-state index contributed by atoms with van der Waals surface area (Å²) in [5.74, 6) is 0. The Morgan fingerprint density at radius 2 is 1.58 bits per heavy atom. The predicted octanol–water partition coefficient (Wildman–Crippen LogP) is 4.31. The number of alkyl halides is 6. The van der Waals surface area contributed by atoms with Crippen molar-refractivity contribution in [2.75, 3.05) is 0 Å². The van der Waals surface area contributed by atoms with Gasteiger partial charge in [0.25, 0.3) is 5.60 Å². The van der Waals surface area contributed by atoms with Crippen molar-refractivity contribution in [1.29, 1.82) is 0 Å². The summed E-state index contributed by atoms with van der Waals surface area (Å²) in [6, 6.07) is 0. The third kappa shape index (κ3) is 3.86. The molecule has 1 nitrogen and oxygen atoms in total. The van der Waals surface area contributed by atoms with E-state index in [1.807, 2.05) is 0 Å². The molecule has 0 rings (SSSR count). The van der Waals surface area contributed by atoms with Crippen LogP contribution in [0, 0.1) is 0 Å². The fourth-order valence-corrected chi connectivity index (χ4v) is 1.46. The first-order valence-electron chi connectivity index (χ1n) is 5.35. The van der Waals surface area contributed by atoms with Crippen molar-refractivity contribution >= 4 is 0 Å². The van der Waals surface area contributed by atoms with Crippen LogP contribution in [0.2, 0.25) is 0 Å². The number of hydrogen-bond acceptors (Lipinski definition) is 1. The third-order valence-corrected chi connectivity index (χ3v) is 2.44. The maximum atomic E-state index is 12.6. The topological polar surface area (TPSA) is 20.2 Å². The summed E-state index contributed by atoms with van der Waals surface area (Å²) in [7, 11) is 0. The molecule has 0 fully saturated rings. The van der Waals surface area contributed by atoms with Crippen molar-refractivity contribution in [3.8, 4) is 0 Å². The molecular weight excluding hydrogens is 274 g/mol. The van der Waals surface area contributed by atoms with Gasteiger partial charge in [-0.1, -0.05) is 37.8 Å². The van der Waals surface area contributed by atoms with Crippen LogP contribution in [-0.2, 0) is 0 Å². The summed E-state index contributed by atoms with van der Waals surface area (Å²) < 4.78 is 75.4. The minimum atomic E-state index is -5.82. The molecule has 0 radical (unpaired) electrons. The summed E-state index contributed by atoms with van der Waals surface area (Å²) >= 11 is 0. The monoisotopic (exact) mass is 288 g/mol. The molecule has 0 bridgehead atoms. The highest BCUT2D eigenvalue weighted by Crippen LogP contribution is 2.48. The molecule has 0 aliphatic heterocycles. The SMILES string of the molecule is C=CC=CC/C=C(\CC)C(O)(C(F)(F)F)C(F)(F)F. The first-order chi connectivity index (χ1) is 8.52.